The van der Waals surface area contributed by atoms with Crippen molar-refractivity contribution in [1.29, 1.82) is 0 Å². The maximum atomic E-state index is 6.06. The molecule has 4 heteroatoms. The fourth-order valence-corrected chi connectivity index (χ4v) is 2.56. The molecule has 1 saturated carbocycles. The van der Waals surface area contributed by atoms with Crippen molar-refractivity contribution in [3.05, 3.63) is 28.8 Å². The Morgan fingerprint density at radius 3 is 2.71 bits per heavy atom. The van der Waals surface area contributed by atoms with Crippen LogP contribution in [0.4, 0.5) is 5.69 Å². The molecule has 17 heavy (non-hydrogen) atoms. The standard InChI is InChI=1S/C13H17ClN2S/c1-9-6-7-11(8-12(9)14)16-13(17)15-10-4-2-3-5-10/h6-8,10H,2-5H2,1H3,(H2,15,16,17). The van der Waals surface area contributed by atoms with Gasteiger partial charge in [0.15, 0.2) is 5.11 Å². The number of anilines is 1. The molecule has 0 heterocycles. The lowest BCUT2D eigenvalue weighted by molar-refractivity contribution is 0.634. The number of benzene rings is 1. The van der Waals surface area contributed by atoms with Crippen LogP contribution in [0.1, 0.15) is 31.2 Å². The molecule has 0 saturated heterocycles. The predicted molar refractivity (Wildman–Crippen MR) is 77.8 cm³/mol. The summed E-state index contributed by atoms with van der Waals surface area (Å²) in [5, 5.41) is 7.97. The van der Waals surface area contributed by atoms with Crippen LogP contribution in [0.3, 0.4) is 0 Å². The molecule has 2 nitrogen and oxygen atoms in total. The average molecular weight is 269 g/mol. The number of hydrogen-bond donors (Lipinski definition) is 2. The van der Waals surface area contributed by atoms with E-state index in [4.69, 9.17) is 23.8 Å². The highest BCUT2D eigenvalue weighted by Gasteiger charge is 2.15. The van der Waals surface area contributed by atoms with Gasteiger partial charge in [-0.3, -0.25) is 0 Å². The van der Waals surface area contributed by atoms with Gasteiger partial charge >= 0.3 is 0 Å². The van der Waals surface area contributed by atoms with E-state index in [1.165, 1.54) is 25.7 Å². The molecule has 0 unspecified atom stereocenters. The average Bonchev–Trinajstić information content (AvgIpc) is 2.76. The predicted octanol–water partition coefficient (Wildman–Crippen LogP) is 3.88. The largest absolute Gasteiger partial charge is 0.360 e. The molecule has 1 aromatic rings. The zero-order chi connectivity index (χ0) is 12.3. The van der Waals surface area contributed by atoms with Gasteiger partial charge in [0, 0.05) is 16.8 Å². The van der Waals surface area contributed by atoms with Gasteiger partial charge in [-0.05, 0) is 49.7 Å². The lowest BCUT2D eigenvalue weighted by Gasteiger charge is -2.16. The van der Waals surface area contributed by atoms with Gasteiger partial charge in [-0.15, -0.1) is 0 Å². The van der Waals surface area contributed by atoms with Gasteiger partial charge in [-0.1, -0.05) is 30.5 Å². The van der Waals surface area contributed by atoms with Crippen molar-refractivity contribution in [3.63, 3.8) is 0 Å². The molecule has 0 amide bonds. The molecule has 0 bridgehead atoms. The molecule has 0 radical (unpaired) electrons. The Bertz CT molecular complexity index is 414. The molecule has 0 atom stereocenters. The second-order valence-electron chi connectivity index (χ2n) is 4.54. The third-order valence-electron chi connectivity index (χ3n) is 3.12. The Hall–Kier alpha value is -0.800. The molecular formula is C13H17ClN2S. The van der Waals surface area contributed by atoms with Gasteiger partial charge in [0.05, 0.1) is 0 Å². The molecule has 0 aliphatic heterocycles. The number of hydrogen-bond acceptors (Lipinski definition) is 1. The Morgan fingerprint density at radius 1 is 1.35 bits per heavy atom. The summed E-state index contributed by atoms with van der Waals surface area (Å²) in [5.74, 6) is 0. The summed E-state index contributed by atoms with van der Waals surface area (Å²) in [6.45, 7) is 1.99. The van der Waals surface area contributed by atoms with Gasteiger partial charge in [-0.25, -0.2) is 0 Å². The fraction of sp³-hybridized carbons (Fsp3) is 0.462. The van der Waals surface area contributed by atoms with Crippen LogP contribution in [0.15, 0.2) is 18.2 Å². The first-order valence-electron chi connectivity index (χ1n) is 5.99. The summed E-state index contributed by atoms with van der Waals surface area (Å²) < 4.78 is 0. The first kappa shape index (κ1) is 12.7. The zero-order valence-electron chi connectivity index (χ0n) is 9.92. The van der Waals surface area contributed by atoms with Crippen LogP contribution in [0.25, 0.3) is 0 Å². The van der Waals surface area contributed by atoms with Crippen LogP contribution in [0.2, 0.25) is 5.02 Å². The maximum Gasteiger partial charge on any atom is 0.170 e. The summed E-state index contributed by atoms with van der Waals surface area (Å²) in [6, 6.07) is 6.42. The van der Waals surface area contributed by atoms with Crippen molar-refractivity contribution in [1.82, 2.24) is 5.32 Å². The maximum absolute atomic E-state index is 6.06. The minimum absolute atomic E-state index is 0.538. The van der Waals surface area contributed by atoms with Crippen LogP contribution in [-0.4, -0.2) is 11.2 Å². The quantitative estimate of drug-likeness (QED) is 0.796. The van der Waals surface area contributed by atoms with Crippen molar-refractivity contribution < 1.29 is 0 Å². The van der Waals surface area contributed by atoms with Gasteiger partial charge in [0.25, 0.3) is 0 Å². The summed E-state index contributed by atoms with van der Waals surface area (Å²) >= 11 is 11.3. The van der Waals surface area contributed by atoms with Crippen LogP contribution < -0.4 is 10.6 Å². The van der Waals surface area contributed by atoms with E-state index in [-0.39, 0.29) is 0 Å². The number of rotatable bonds is 2. The van der Waals surface area contributed by atoms with Crippen molar-refractivity contribution in [2.45, 2.75) is 38.6 Å². The van der Waals surface area contributed by atoms with Crippen molar-refractivity contribution >= 4 is 34.6 Å². The van der Waals surface area contributed by atoms with E-state index >= 15 is 0 Å². The Morgan fingerprint density at radius 2 is 2.06 bits per heavy atom. The highest BCUT2D eigenvalue weighted by molar-refractivity contribution is 7.80. The second-order valence-corrected chi connectivity index (χ2v) is 5.36. The minimum Gasteiger partial charge on any atom is -0.360 e. The topological polar surface area (TPSA) is 24.1 Å². The molecule has 1 aliphatic carbocycles. The molecule has 0 spiro atoms. The second kappa shape index (κ2) is 5.69. The van der Waals surface area contributed by atoms with Crippen LogP contribution in [0.5, 0.6) is 0 Å². The Labute approximate surface area is 113 Å². The Balaban J connectivity index is 1.90. The van der Waals surface area contributed by atoms with E-state index in [0.29, 0.717) is 11.2 Å². The highest BCUT2D eigenvalue weighted by atomic mass is 35.5. The summed E-state index contributed by atoms with van der Waals surface area (Å²) in [5.41, 5.74) is 2.02. The van der Waals surface area contributed by atoms with E-state index in [1.54, 1.807) is 0 Å². The molecule has 1 aromatic carbocycles. The summed E-state index contributed by atoms with van der Waals surface area (Å²) in [6.07, 6.45) is 5.04. The van der Waals surface area contributed by atoms with Crippen molar-refractivity contribution in [3.8, 4) is 0 Å². The van der Waals surface area contributed by atoms with Crippen LogP contribution >= 0.6 is 23.8 Å². The number of nitrogens with one attached hydrogen (secondary N) is 2. The third-order valence-corrected chi connectivity index (χ3v) is 3.75. The minimum atomic E-state index is 0.538. The monoisotopic (exact) mass is 268 g/mol. The van der Waals surface area contributed by atoms with E-state index in [2.05, 4.69) is 10.6 Å². The van der Waals surface area contributed by atoms with Gasteiger partial charge in [-0.2, -0.15) is 0 Å². The molecule has 2 rings (SSSR count). The summed E-state index contributed by atoms with van der Waals surface area (Å²) in [7, 11) is 0. The Kier molecular flexibility index (Phi) is 4.24. The number of halogens is 1. The SMILES string of the molecule is Cc1ccc(NC(=S)NC2CCCC2)cc1Cl. The normalized spacial score (nSPS) is 15.9. The van der Waals surface area contributed by atoms with Gasteiger partial charge < -0.3 is 10.6 Å². The molecular weight excluding hydrogens is 252 g/mol. The zero-order valence-corrected chi connectivity index (χ0v) is 11.5. The lowest BCUT2D eigenvalue weighted by Crippen LogP contribution is -2.35. The van der Waals surface area contributed by atoms with Crippen LogP contribution in [-0.2, 0) is 0 Å². The first-order chi connectivity index (χ1) is 8.15. The molecule has 1 fully saturated rings. The fourth-order valence-electron chi connectivity index (χ4n) is 2.09. The van der Waals surface area contributed by atoms with E-state index in [0.717, 1.165) is 16.3 Å². The molecule has 92 valence electrons. The van der Waals surface area contributed by atoms with E-state index in [9.17, 15) is 0 Å². The molecule has 2 N–H and O–H groups in total. The van der Waals surface area contributed by atoms with Crippen molar-refractivity contribution in [2.24, 2.45) is 0 Å². The van der Waals surface area contributed by atoms with Gasteiger partial charge in [0.2, 0.25) is 0 Å². The lowest BCUT2D eigenvalue weighted by atomic mass is 10.2. The molecule has 1 aliphatic rings. The molecule has 0 aromatic heterocycles. The summed E-state index contributed by atoms with van der Waals surface area (Å²) in [4.78, 5) is 0. The van der Waals surface area contributed by atoms with Crippen LogP contribution in [0, 0.1) is 6.92 Å². The number of thiocarbonyl (C=S) groups is 1. The third kappa shape index (κ3) is 3.58. The smallest absolute Gasteiger partial charge is 0.170 e. The van der Waals surface area contributed by atoms with Gasteiger partial charge in [0.1, 0.15) is 0 Å². The highest BCUT2D eigenvalue weighted by Crippen LogP contribution is 2.21. The number of aryl methyl sites for hydroxylation is 1. The van der Waals surface area contributed by atoms with E-state index < -0.39 is 0 Å². The van der Waals surface area contributed by atoms with Crippen molar-refractivity contribution in [2.75, 3.05) is 5.32 Å². The first-order valence-corrected chi connectivity index (χ1v) is 6.77. The van der Waals surface area contributed by atoms with E-state index in [1.807, 2.05) is 25.1 Å².